The predicted molar refractivity (Wildman–Crippen MR) is 123 cm³/mol. The van der Waals surface area contributed by atoms with Crippen molar-refractivity contribution < 1.29 is 14.3 Å². The van der Waals surface area contributed by atoms with Crippen LogP contribution in [-0.2, 0) is 16.1 Å². The van der Waals surface area contributed by atoms with Crippen molar-refractivity contribution in [3.8, 4) is 11.3 Å². The molecule has 4 rings (SSSR count). The van der Waals surface area contributed by atoms with Gasteiger partial charge in [0.25, 0.3) is 5.56 Å². The summed E-state index contributed by atoms with van der Waals surface area (Å²) in [5.74, 6) is -0.995. The minimum absolute atomic E-state index is 0.224. The summed E-state index contributed by atoms with van der Waals surface area (Å²) in [7, 11) is 0. The average molecular weight is 449 g/mol. The van der Waals surface area contributed by atoms with Crippen LogP contribution in [0.1, 0.15) is 22.8 Å². The van der Waals surface area contributed by atoms with E-state index in [1.807, 2.05) is 31.2 Å². The van der Waals surface area contributed by atoms with Gasteiger partial charge in [-0.3, -0.25) is 14.2 Å². The van der Waals surface area contributed by atoms with E-state index in [2.05, 4.69) is 14.7 Å². The maximum Gasteiger partial charge on any atom is 0.340 e. The fourth-order valence-electron chi connectivity index (χ4n) is 3.27. The molecule has 0 bridgehead atoms. The number of para-hydroxylation sites is 1. The number of nitrogens with zero attached hydrogens (tertiary/aromatic N) is 3. The number of carbonyl (C=O) groups is 2. The molecule has 2 aromatic carbocycles. The molecular weight excluding hydrogens is 428 g/mol. The van der Waals surface area contributed by atoms with Crippen molar-refractivity contribution in [3.63, 3.8) is 0 Å². The zero-order valence-corrected chi connectivity index (χ0v) is 18.3. The number of benzene rings is 2. The maximum absolute atomic E-state index is 12.9. The summed E-state index contributed by atoms with van der Waals surface area (Å²) in [5, 5.41) is 2.67. The van der Waals surface area contributed by atoms with E-state index in [1.54, 1.807) is 31.2 Å². The Morgan fingerprint density at radius 3 is 2.75 bits per heavy atom. The first-order valence-electron chi connectivity index (χ1n) is 9.95. The number of hydrogen-bond donors (Lipinski definition) is 1. The van der Waals surface area contributed by atoms with Gasteiger partial charge in [-0.2, -0.15) is 4.37 Å². The molecule has 0 radical (unpaired) electrons. The van der Waals surface area contributed by atoms with Gasteiger partial charge in [0.05, 0.1) is 24.2 Å². The van der Waals surface area contributed by atoms with Crippen LogP contribution in [0.2, 0.25) is 0 Å². The van der Waals surface area contributed by atoms with E-state index in [-0.39, 0.29) is 24.3 Å². The quantitative estimate of drug-likeness (QED) is 0.452. The van der Waals surface area contributed by atoms with E-state index in [9.17, 15) is 14.4 Å². The average Bonchev–Trinajstić information content (AvgIpc) is 3.21. The molecule has 162 valence electrons. The minimum atomic E-state index is -0.531. The van der Waals surface area contributed by atoms with Gasteiger partial charge in [-0.1, -0.05) is 35.9 Å². The molecule has 0 spiro atoms. The lowest BCUT2D eigenvalue weighted by Crippen LogP contribution is -2.28. The summed E-state index contributed by atoms with van der Waals surface area (Å²) in [6.45, 7) is 3.66. The first-order valence-corrected chi connectivity index (χ1v) is 10.7. The normalized spacial score (nSPS) is 10.8. The summed E-state index contributed by atoms with van der Waals surface area (Å²) in [6, 6.07) is 14.4. The van der Waals surface area contributed by atoms with Crippen LogP contribution < -0.4 is 10.9 Å². The summed E-state index contributed by atoms with van der Waals surface area (Å²) >= 11 is 1.06. The van der Waals surface area contributed by atoms with E-state index >= 15 is 0 Å². The summed E-state index contributed by atoms with van der Waals surface area (Å²) < 4.78 is 11.0. The molecule has 0 atom stereocenters. The van der Waals surface area contributed by atoms with Crippen molar-refractivity contribution in [2.24, 2.45) is 0 Å². The zero-order valence-electron chi connectivity index (χ0n) is 17.5. The van der Waals surface area contributed by atoms with Gasteiger partial charge in [-0.25, -0.2) is 9.78 Å². The lowest BCUT2D eigenvalue weighted by molar-refractivity contribution is -0.116. The van der Waals surface area contributed by atoms with Crippen LogP contribution in [0.25, 0.3) is 21.5 Å². The molecule has 0 fully saturated rings. The van der Waals surface area contributed by atoms with Gasteiger partial charge >= 0.3 is 5.97 Å². The van der Waals surface area contributed by atoms with Crippen molar-refractivity contribution in [1.82, 2.24) is 13.9 Å². The van der Waals surface area contributed by atoms with Crippen LogP contribution in [-0.4, -0.2) is 32.4 Å². The molecule has 1 N–H and O–H groups in total. The molecule has 0 saturated carbocycles. The van der Waals surface area contributed by atoms with E-state index in [0.717, 1.165) is 22.7 Å². The van der Waals surface area contributed by atoms with Crippen LogP contribution in [0.5, 0.6) is 0 Å². The molecule has 0 aliphatic rings. The molecule has 1 amide bonds. The zero-order chi connectivity index (χ0) is 22.7. The smallest absolute Gasteiger partial charge is 0.340 e. The third kappa shape index (κ3) is 4.28. The second kappa shape index (κ2) is 9.11. The van der Waals surface area contributed by atoms with Crippen LogP contribution in [0.3, 0.4) is 0 Å². The van der Waals surface area contributed by atoms with Gasteiger partial charge in [0.2, 0.25) is 5.91 Å². The molecule has 0 unspecified atom stereocenters. The Kier molecular flexibility index (Phi) is 6.09. The van der Waals surface area contributed by atoms with Crippen molar-refractivity contribution >= 4 is 39.3 Å². The topological polar surface area (TPSA) is 103 Å². The lowest BCUT2D eigenvalue weighted by atomic mass is 10.1. The molecule has 32 heavy (non-hydrogen) atoms. The predicted octanol–water partition coefficient (Wildman–Crippen LogP) is 3.64. The second-order valence-electron chi connectivity index (χ2n) is 7.07. The first kappa shape index (κ1) is 21.4. The monoisotopic (exact) mass is 448 g/mol. The van der Waals surface area contributed by atoms with Gasteiger partial charge in [0.15, 0.2) is 0 Å². The lowest BCUT2D eigenvalue weighted by Gasteiger charge is -2.11. The minimum Gasteiger partial charge on any atom is -0.462 e. The molecule has 9 heteroatoms. The SMILES string of the molecule is CCOC(=O)c1ccccc1NC(=O)Cn1cnc2c(-c3cccc(C)c3)nsc2c1=O. The van der Waals surface area contributed by atoms with E-state index in [0.29, 0.717) is 21.6 Å². The first-order chi connectivity index (χ1) is 15.5. The molecule has 0 aliphatic heterocycles. The standard InChI is InChI=1S/C23H20N4O4S/c1-3-31-23(30)16-9-4-5-10-17(16)25-18(28)12-27-13-24-20-19(26-32-21(20)22(27)29)15-8-6-7-14(2)11-15/h4-11,13H,3,12H2,1-2H3,(H,25,28). The molecule has 0 aliphatic carbocycles. The molecule has 4 aromatic rings. The molecule has 2 heterocycles. The maximum atomic E-state index is 12.9. The van der Waals surface area contributed by atoms with Crippen molar-refractivity contribution in [2.45, 2.75) is 20.4 Å². The van der Waals surface area contributed by atoms with E-state index in [4.69, 9.17) is 4.74 Å². The number of esters is 1. The summed E-state index contributed by atoms with van der Waals surface area (Å²) in [6.07, 6.45) is 1.34. The number of amides is 1. The highest BCUT2D eigenvalue weighted by atomic mass is 32.1. The number of hydrogen-bond acceptors (Lipinski definition) is 7. The van der Waals surface area contributed by atoms with Gasteiger partial charge in [0.1, 0.15) is 22.5 Å². The number of carbonyl (C=O) groups excluding carboxylic acids is 2. The Balaban J connectivity index is 1.58. The van der Waals surface area contributed by atoms with Crippen molar-refractivity contribution in [2.75, 3.05) is 11.9 Å². The Hall–Kier alpha value is -3.85. The Morgan fingerprint density at radius 2 is 1.97 bits per heavy atom. The van der Waals surface area contributed by atoms with Gasteiger partial charge < -0.3 is 10.1 Å². The number of aryl methyl sites for hydroxylation is 1. The Labute approximate surface area is 187 Å². The van der Waals surface area contributed by atoms with Gasteiger partial charge in [0, 0.05) is 5.56 Å². The number of anilines is 1. The van der Waals surface area contributed by atoms with E-state index in [1.165, 1.54) is 10.9 Å². The van der Waals surface area contributed by atoms with Gasteiger partial charge in [-0.15, -0.1) is 0 Å². The second-order valence-corrected chi connectivity index (χ2v) is 7.84. The Morgan fingerprint density at radius 1 is 1.16 bits per heavy atom. The highest BCUT2D eigenvalue weighted by molar-refractivity contribution is 7.13. The van der Waals surface area contributed by atoms with Gasteiger partial charge in [-0.05, 0) is 43.6 Å². The van der Waals surface area contributed by atoms with Crippen molar-refractivity contribution in [3.05, 3.63) is 76.3 Å². The fraction of sp³-hybridized carbons (Fsp3) is 0.174. The number of rotatable bonds is 6. The van der Waals surface area contributed by atoms with Crippen molar-refractivity contribution in [1.29, 1.82) is 0 Å². The summed E-state index contributed by atoms with van der Waals surface area (Å²) in [5.41, 5.74) is 3.33. The molecule has 0 saturated heterocycles. The number of aromatic nitrogens is 3. The van der Waals surface area contributed by atoms with Crippen LogP contribution in [0, 0.1) is 6.92 Å². The number of nitrogens with one attached hydrogen (secondary N) is 1. The molecule has 8 nitrogen and oxygen atoms in total. The third-order valence-electron chi connectivity index (χ3n) is 4.75. The fourth-order valence-corrected chi connectivity index (χ4v) is 4.08. The molecular formula is C23H20N4O4S. The van der Waals surface area contributed by atoms with Crippen LogP contribution >= 0.6 is 11.5 Å². The van der Waals surface area contributed by atoms with Crippen LogP contribution in [0.15, 0.2) is 59.7 Å². The Bertz CT molecular complexity index is 1380. The van der Waals surface area contributed by atoms with Crippen LogP contribution in [0.4, 0.5) is 5.69 Å². The molecule has 2 aromatic heterocycles. The highest BCUT2D eigenvalue weighted by Crippen LogP contribution is 2.27. The number of ether oxygens (including phenoxy) is 1. The number of fused-ring (bicyclic) bond motifs is 1. The highest BCUT2D eigenvalue weighted by Gasteiger charge is 2.17. The summed E-state index contributed by atoms with van der Waals surface area (Å²) in [4.78, 5) is 42.0. The van der Waals surface area contributed by atoms with E-state index < -0.39 is 11.9 Å². The third-order valence-corrected chi connectivity index (χ3v) is 5.58. The largest absolute Gasteiger partial charge is 0.462 e.